The first-order valence-electron chi connectivity index (χ1n) is 12.2. The molecule has 0 radical (unpaired) electrons. The van der Waals surface area contributed by atoms with E-state index in [2.05, 4.69) is 90.6 Å². The molecule has 4 heterocycles. The third-order valence-corrected chi connectivity index (χ3v) is 6.67. The highest BCUT2D eigenvalue weighted by molar-refractivity contribution is 5.96. The molecule has 38 heavy (non-hydrogen) atoms. The second-order valence-corrected chi connectivity index (χ2v) is 8.97. The molecule has 0 amide bonds. The lowest BCUT2D eigenvalue weighted by molar-refractivity contribution is 1.21. The predicted octanol–water partition coefficient (Wildman–Crippen LogP) is 7.03. The van der Waals surface area contributed by atoms with Crippen molar-refractivity contribution in [3.63, 3.8) is 0 Å². The smallest absolute Gasteiger partial charge is 0.116 e. The molecule has 0 saturated heterocycles. The number of aromatic nitrogens is 6. The summed E-state index contributed by atoms with van der Waals surface area (Å²) in [5.41, 5.74) is 9.92. The molecular formula is C32H20N6. The van der Waals surface area contributed by atoms with Crippen LogP contribution in [0.25, 0.3) is 66.6 Å². The Labute approximate surface area is 218 Å². The Bertz CT molecular complexity index is 1780. The zero-order chi connectivity index (χ0) is 25.3. The minimum absolute atomic E-state index is 0.882. The van der Waals surface area contributed by atoms with E-state index in [4.69, 9.17) is 0 Å². The summed E-state index contributed by atoms with van der Waals surface area (Å²) in [6.45, 7) is 0. The quantitative estimate of drug-likeness (QED) is 0.265. The van der Waals surface area contributed by atoms with Gasteiger partial charge in [-0.15, -0.1) is 0 Å². The summed E-state index contributed by atoms with van der Waals surface area (Å²) in [5.74, 6) is 0. The number of hydrogen-bond donors (Lipinski definition) is 0. The Morgan fingerprint density at radius 1 is 0.395 bits per heavy atom. The number of hydrogen-bond acceptors (Lipinski definition) is 6. The van der Waals surface area contributed by atoms with Gasteiger partial charge in [-0.1, -0.05) is 30.3 Å². The van der Waals surface area contributed by atoms with Gasteiger partial charge in [0.25, 0.3) is 0 Å². The van der Waals surface area contributed by atoms with E-state index in [1.54, 1.807) is 25.0 Å². The van der Waals surface area contributed by atoms with Gasteiger partial charge in [-0.05, 0) is 76.9 Å². The summed E-state index contributed by atoms with van der Waals surface area (Å²) in [6.07, 6.45) is 10.4. The molecule has 0 spiro atoms. The molecule has 0 saturated carbocycles. The van der Waals surface area contributed by atoms with Crippen LogP contribution in [0.5, 0.6) is 0 Å². The van der Waals surface area contributed by atoms with Crippen LogP contribution in [0.3, 0.4) is 0 Å². The molecule has 7 aromatic rings. The fraction of sp³-hybridized carbons (Fsp3) is 0. The van der Waals surface area contributed by atoms with Crippen LogP contribution in [0.15, 0.2) is 122 Å². The maximum atomic E-state index is 4.55. The van der Waals surface area contributed by atoms with Crippen molar-refractivity contribution in [1.82, 2.24) is 29.9 Å². The third kappa shape index (κ3) is 3.94. The number of pyridine rings is 2. The summed E-state index contributed by atoms with van der Waals surface area (Å²) in [4.78, 5) is 26.6. The van der Waals surface area contributed by atoms with Crippen molar-refractivity contribution >= 4 is 21.8 Å². The van der Waals surface area contributed by atoms with Gasteiger partial charge >= 0.3 is 0 Å². The molecule has 4 aromatic heterocycles. The largest absolute Gasteiger partial charge is 0.264 e. The monoisotopic (exact) mass is 488 g/mol. The van der Waals surface area contributed by atoms with Crippen molar-refractivity contribution in [2.45, 2.75) is 0 Å². The summed E-state index contributed by atoms with van der Waals surface area (Å²) in [7, 11) is 0. The van der Waals surface area contributed by atoms with Gasteiger partial charge in [-0.25, -0.2) is 19.9 Å². The molecule has 0 aliphatic carbocycles. The van der Waals surface area contributed by atoms with Gasteiger partial charge in [0.2, 0.25) is 0 Å². The number of fused-ring (bicyclic) bond motifs is 2. The molecule has 0 fully saturated rings. The van der Waals surface area contributed by atoms with E-state index in [0.29, 0.717) is 0 Å². The molecular weight excluding hydrogens is 468 g/mol. The maximum Gasteiger partial charge on any atom is 0.116 e. The van der Waals surface area contributed by atoms with Gasteiger partial charge < -0.3 is 0 Å². The summed E-state index contributed by atoms with van der Waals surface area (Å²) < 4.78 is 0. The maximum absolute atomic E-state index is 4.55. The minimum Gasteiger partial charge on any atom is -0.264 e. The Morgan fingerprint density at radius 2 is 0.868 bits per heavy atom. The lowest BCUT2D eigenvalue weighted by Crippen LogP contribution is -1.91. The minimum atomic E-state index is 0.882. The van der Waals surface area contributed by atoms with Crippen LogP contribution in [-0.2, 0) is 0 Å². The first-order valence-corrected chi connectivity index (χ1v) is 12.2. The van der Waals surface area contributed by atoms with E-state index in [-0.39, 0.29) is 0 Å². The van der Waals surface area contributed by atoms with Crippen LogP contribution < -0.4 is 0 Å². The number of nitrogens with zero attached hydrogens (tertiary/aromatic N) is 6. The lowest BCUT2D eigenvalue weighted by Gasteiger charge is -2.10. The Kier molecular flexibility index (Phi) is 5.33. The molecule has 6 nitrogen and oxygen atoms in total. The van der Waals surface area contributed by atoms with E-state index >= 15 is 0 Å². The van der Waals surface area contributed by atoms with E-state index in [0.717, 1.165) is 66.6 Å². The van der Waals surface area contributed by atoms with Crippen molar-refractivity contribution in [3.8, 4) is 44.8 Å². The third-order valence-electron chi connectivity index (χ3n) is 6.67. The lowest BCUT2D eigenvalue weighted by atomic mass is 9.96. The Balaban J connectivity index is 1.27. The van der Waals surface area contributed by atoms with Crippen molar-refractivity contribution in [2.24, 2.45) is 0 Å². The van der Waals surface area contributed by atoms with Crippen LogP contribution in [-0.4, -0.2) is 29.9 Å². The highest BCUT2D eigenvalue weighted by Crippen LogP contribution is 2.33. The molecule has 0 aliphatic rings. The highest BCUT2D eigenvalue weighted by atomic mass is 14.8. The average Bonchev–Trinajstić information content (AvgIpc) is 3.01. The Morgan fingerprint density at radius 3 is 1.34 bits per heavy atom. The molecule has 0 aliphatic heterocycles. The normalized spacial score (nSPS) is 11.2. The van der Waals surface area contributed by atoms with Crippen LogP contribution in [0.1, 0.15) is 0 Å². The van der Waals surface area contributed by atoms with Gasteiger partial charge in [-0.2, -0.15) is 0 Å². The van der Waals surface area contributed by atoms with E-state index < -0.39 is 0 Å². The van der Waals surface area contributed by atoms with Crippen molar-refractivity contribution in [1.29, 1.82) is 0 Å². The second-order valence-electron chi connectivity index (χ2n) is 8.97. The van der Waals surface area contributed by atoms with Crippen molar-refractivity contribution in [2.75, 3.05) is 0 Å². The Hall–Kier alpha value is -5.36. The first-order chi connectivity index (χ1) is 18.8. The standard InChI is InChI=1S/C32H20N6/c1-4-21(23-8-10-27-29(15-23)35-19-37-31(27)25-6-2-12-33-17-25)14-22(5-1)24-9-11-28-30(16-24)36-20-38-32(28)26-7-3-13-34-18-26/h1-20H. The van der Waals surface area contributed by atoms with Crippen LogP contribution in [0.4, 0.5) is 0 Å². The van der Waals surface area contributed by atoms with E-state index in [1.165, 1.54) is 0 Å². The second kappa shape index (κ2) is 9.26. The van der Waals surface area contributed by atoms with Gasteiger partial charge in [0.05, 0.1) is 22.4 Å². The zero-order valence-electron chi connectivity index (χ0n) is 20.2. The molecule has 7 rings (SSSR count). The number of rotatable bonds is 4. The highest BCUT2D eigenvalue weighted by Gasteiger charge is 2.11. The van der Waals surface area contributed by atoms with E-state index in [9.17, 15) is 0 Å². The summed E-state index contributed by atoms with van der Waals surface area (Å²) >= 11 is 0. The molecule has 0 unspecified atom stereocenters. The van der Waals surface area contributed by atoms with Crippen molar-refractivity contribution < 1.29 is 0 Å². The van der Waals surface area contributed by atoms with Gasteiger partial charge in [0.15, 0.2) is 0 Å². The molecule has 6 heteroatoms. The molecule has 178 valence electrons. The first kappa shape index (κ1) is 21.9. The van der Waals surface area contributed by atoms with Gasteiger partial charge in [0.1, 0.15) is 12.7 Å². The van der Waals surface area contributed by atoms with Crippen molar-refractivity contribution in [3.05, 3.63) is 122 Å². The molecule has 0 N–H and O–H groups in total. The van der Waals surface area contributed by atoms with Crippen LogP contribution in [0, 0.1) is 0 Å². The molecule has 3 aromatic carbocycles. The molecule has 0 bridgehead atoms. The van der Waals surface area contributed by atoms with Gasteiger partial charge in [-0.3, -0.25) is 9.97 Å². The summed E-state index contributed by atoms with van der Waals surface area (Å²) in [6, 6.07) is 29.1. The van der Waals surface area contributed by atoms with Crippen LogP contribution >= 0.6 is 0 Å². The van der Waals surface area contributed by atoms with Gasteiger partial charge in [0, 0.05) is 46.7 Å². The molecule has 0 atom stereocenters. The predicted molar refractivity (Wildman–Crippen MR) is 150 cm³/mol. The fourth-order valence-corrected chi connectivity index (χ4v) is 4.82. The van der Waals surface area contributed by atoms with Crippen LogP contribution in [0.2, 0.25) is 0 Å². The summed E-state index contributed by atoms with van der Waals surface area (Å²) in [5, 5.41) is 2.00. The SMILES string of the molecule is c1cc(-c2ccc3c(-c4cccnc4)ncnc3c2)cc(-c2ccc3c(-c4cccnc4)ncnc3c2)c1. The topological polar surface area (TPSA) is 77.3 Å². The van der Waals surface area contributed by atoms with E-state index in [1.807, 2.05) is 36.7 Å². The average molecular weight is 489 g/mol. The number of benzene rings is 3. The fourth-order valence-electron chi connectivity index (χ4n) is 4.82. The zero-order valence-corrected chi connectivity index (χ0v) is 20.2.